The summed E-state index contributed by atoms with van der Waals surface area (Å²) in [4.78, 5) is 20.2. The number of nitrogens with zero attached hydrogens (tertiary/aromatic N) is 1. The minimum absolute atomic E-state index is 0.0295. The number of hydrogen-bond acceptors (Lipinski definition) is 4. The lowest BCUT2D eigenvalue weighted by Gasteiger charge is -2.11. The highest BCUT2D eigenvalue weighted by molar-refractivity contribution is 5.82. The number of hydrogen-bond donors (Lipinski definition) is 4. The lowest BCUT2D eigenvalue weighted by molar-refractivity contribution is -0.122. The molecule has 3 heterocycles. The molecule has 5 rings (SSSR count). The maximum Gasteiger partial charge on any atom is 0.237 e. The van der Waals surface area contributed by atoms with Gasteiger partial charge < -0.3 is 20.9 Å². The highest BCUT2D eigenvalue weighted by atomic mass is 16.2. The molecule has 2 aliphatic heterocycles. The Bertz CT molecular complexity index is 1010. The van der Waals surface area contributed by atoms with Crippen molar-refractivity contribution in [2.45, 2.75) is 44.3 Å². The van der Waals surface area contributed by atoms with Crippen LogP contribution >= 0.6 is 0 Å². The molecule has 2 saturated heterocycles. The highest BCUT2D eigenvalue weighted by Gasteiger charge is 2.21. The Morgan fingerprint density at radius 3 is 2.26 bits per heavy atom. The summed E-state index contributed by atoms with van der Waals surface area (Å²) in [6, 6.07) is 17.3. The number of carbonyl (C=O) groups is 1. The predicted molar refractivity (Wildman–Crippen MR) is 122 cm³/mol. The van der Waals surface area contributed by atoms with Crippen molar-refractivity contribution in [3.63, 3.8) is 0 Å². The van der Waals surface area contributed by atoms with E-state index in [0.29, 0.717) is 12.6 Å². The Kier molecular flexibility index (Phi) is 5.82. The lowest BCUT2D eigenvalue weighted by atomic mass is 10.0. The Balaban J connectivity index is 1.21. The van der Waals surface area contributed by atoms with E-state index in [1.165, 1.54) is 17.5 Å². The molecule has 6 heteroatoms. The van der Waals surface area contributed by atoms with Crippen LogP contribution in [0.25, 0.3) is 22.4 Å². The zero-order chi connectivity index (χ0) is 21.0. The van der Waals surface area contributed by atoms with E-state index in [1.807, 2.05) is 6.20 Å². The molecule has 0 spiro atoms. The molecule has 1 amide bonds. The third-order valence-electron chi connectivity index (χ3n) is 6.31. The van der Waals surface area contributed by atoms with Crippen LogP contribution in [0.4, 0.5) is 0 Å². The first-order valence-corrected chi connectivity index (χ1v) is 11.3. The van der Waals surface area contributed by atoms with Crippen LogP contribution in [0, 0.1) is 0 Å². The van der Waals surface area contributed by atoms with Gasteiger partial charge in [0.05, 0.1) is 24.0 Å². The van der Waals surface area contributed by atoms with Gasteiger partial charge in [0, 0.05) is 6.54 Å². The largest absolute Gasteiger partial charge is 0.351 e. The summed E-state index contributed by atoms with van der Waals surface area (Å²) >= 11 is 0. The van der Waals surface area contributed by atoms with Crippen LogP contribution in [0.15, 0.2) is 54.7 Å². The fourth-order valence-corrected chi connectivity index (χ4v) is 4.46. The van der Waals surface area contributed by atoms with Crippen LogP contribution < -0.4 is 16.0 Å². The first kappa shape index (κ1) is 20.0. The molecule has 6 nitrogen and oxygen atoms in total. The van der Waals surface area contributed by atoms with Crippen LogP contribution in [0.2, 0.25) is 0 Å². The van der Waals surface area contributed by atoms with Crippen LogP contribution in [0.5, 0.6) is 0 Å². The van der Waals surface area contributed by atoms with E-state index in [2.05, 4.69) is 74.4 Å². The number of rotatable bonds is 6. The van der Waals surface area contributed by atoms with Gasteiger partial charge in [-0.25, -0.2) is 4.98 Å². The molecule has 31 heavy (non-hydrogen) atoms. The molecule has 2 unspecified atom stereocenters. The second kappa shape index (κ2) is 9.04. The molecule has 2 fully saturated rings. The second-order valence-electron chi connectivity index (χ2n) is 8.47. The minimum Gasteiger partial charge on any atom is -0.351 e. The quantitative estimate of drug-likeness (QED) is 0.496. The fourth-order valence-electron chi connectivity index (χ4n) is 4.46. The van der Waals surface area contributed by atoms with E-state index in [4.69, 9.17) is 0 Å². The van der Waals surface area contributed by atoms with Crippen LogP contribution in [-0.4, -0.2) is 35.0 Å². The van der Waals surface area contributed by atoms with Crippen molar-refractivity contribution in [1.82, 2.24) is 25.9 Å². The third kappa shape index (κ3) is 4.55. The first-order valence-electron chi connectivity index (χ1n) is 11.3. The zero-order valence-corrected chi connectivity index (χ0v) is 17.7. The summed E-state index contributed by atoms with van der Waals surface area (Å²) in [5.41, 5.74) is 5.64. The Labute approximate surface area is 182 Å². The van der Waals surface area contributed by atoms with E-state index in [-0.39, 0.29) is 11.9 Å². The van der Waals surface area contributed by atoms with Gasteiger partial charge in [0.2, 0.25) is 5.91 Å². The monoisotopic (exact) mass is 415 g/mol. The van der Waals surface area contributed by atoms with Crippen molar-refractivity contribution in [3.8, 4) is 22.4 Å². The molecule has 160 valence electrons. The molecule has 2 atom stereocenters. The van der Waals surface area contributed by atoms with Crippen molar-refractivity contribution in [3.05, 3.63) is 66.1 Å². The van der Waals surface area contributed by atoms with Crippen molar-refractivity contribution in [2.24, 2.45) is 0 Å². The molecule has 4 N–H and O–H groups in total. The smallest absolute Gasteiger partial charge is 0.237 e. The van der Waals surface area contributed by atoms with Crippen molar-refractivity contribution < 1.29 is 4.79 Å². The van der Waals surface area contributed by atoms with Crippen molar-refractivity contribution in [2.75, 3.05) is 13.1 Å². The first-order chi connectivity index (χ1) is 15.3. The molecular formula is C25H29N5O. The molecule has 0 bridgehead atoms. The molecule has 1 aromatic heterocycles. The normalized spacial score (nSPS) is 20.8. The SMILES string of the molecule is O=C(NCc1ccc(-c2ccc(-c3cnc(C4CCCN4)[nH]3)cc2)cc1)C1CCCN1. The minimum atomic E-state index is -0.0295. The summed E-state index contributed by atoms with van der Waals surface area (Å²) in [6.07, 6.45) is 6.28. The summed E-state index contributed by atoms with van der Waals surface area (Å²) in [5.74, 6) is 1.13. The number of carbonyl (C=O) groups excluding carboxylic acids is 1. The number of aromatic nitrogens is 2. The molecule has 3 aromatic rings. The van der Waals surface area contributed by atoms with Gasteiger partial charge in [0.25, 0.3) is 0 Å². The van der Waals surface area contributed by atoms with Gasteiger partial charge in [-0.15, -0.1) is 0 Å². The lowest BCUT2D eigenvalue weighted by Crippen LogP contribution is -2.39. The summed E-state index contributed by atoms with van der Waals surface area (Å²) < 4.78 is 0. The van der Waals surface area contributed by atoms with E-state index in [0.717, 1.165) is 55.0 Å². The Hall–Kier alpha value is -2.96. The van der Waals surface area contributed by atoms with Gasteiger partial charge in [-0.1, -0.05) is 48.5 Å². The number of H-pyrrole nitrogens is 1. The molecule has 2 aromatic carbocycles. The van der Waals surface area contributed by atoms with Gasteiger partial charge in [0.1, 0.15) is 5.82 Å². The van der Waals surface area contributed by atoms with Crippen LogP contribution in [0.1, 0.15) is 43.1 Å². The number of aromatic amines is 1. The third-order valence-corrected chi connectivity index (χ3v) is 6.31. The van der Waals surface area contributed by atoms with Crippen LogP contribution in [-0.2, 0) is 11.3 Å². The van der Waals surface area contributed by atoms with Gasteiger partial charge in [-0.05, 0) is 61.0 Å². The highest BCUT2D eigenvalue weighted by Crippen LogP contribution is 2.27. The average molecular weight is 416 g/mol. The molecule has 0 aliphatic carbocycles. The van der Waals surface area contributed by atoms with Crippen molar-refractivity contribution in [1.29, 1.82) is 0 Å². The van der Waals surface area contributed by atoms with Gasteiger partial charge >= 0.3 is 0 Å². The van der Waals surface area contributed by atoms with Crippen LogP contribution in [0.3, 0.4) is 0 Å². The topological polar surface area (TPSA) is 81.8 Å². The Morgan fingerprint density at radius 2 is 1.58 bits per heavy atom. The molecule has 2 aliphatic rings. The molecular weight excluding hydrogens is 386 g/mol. The number of amides is 1. The maximum absolute atomic E-state index is 12.1. The summed E-state index contributed by atoms with van der Waals surface area (Å²) in [6.45, 7) is 2.57. The predicted octanol–water partition coefficient (Wildman–Crippen LogP) is 3.54. The van der Waals surface area contributed by atoms with E-state index in [1.54, 1.807) is 0 Å². The second-order valence-corrected chi connectivity index (χ2v) is 8.47. The summed E-state index contributed by atoms with van der Waals surface area (Å²) in [5, 5.41) is 9.75. The summed E-state index contributed by atoms with van der Waals surface area (Å²) in [7, 11) is 0. The van der Waals surface area contributed by atoms with Crippen molar-refractivity contribution >= 4 is 5.91 Å². The number of imidazole rings is 1. The van der Waals surface area contributed by atoms with Gasteiger partial charge in [0.15, 0.2) is 0 Å². The van der Waals surface area contributed by atoms with E-state index in [9.17, 15) is 4.79 Å². The zero-order valence-electron chi connectivity index (χ0n) is 17.7. The standard InChI is InChI=1S/C25H29N5O/c31-25(22-4-2-14-27-22)29-15-17-5-7-18(8-6-17)19-9-11-20(12-10-19)23-16-28-24(30-23)21-3-1-13-26-21/h5-12,16,21-22,26-27H,1-4,13-15H2,(H,28,30)(H,29,31). The number of benzene rings is 2. The maximum atomic E-state index is 12.1. The fraction of sp³-hybridized carbons (Fsp3) is 0.360. The van der Waals surface area contributed by atoms with Gasteiger partial charge in [-0.3, -0.25) is 4.79 Å². The molecule has 0 radical (unpaired) electrons. The number of nitrogens with one attached hydrogen (secondary N) is 4. The Morgan fingerprint density at radius 1 is 0.903 bits per heavy atom. The van der Waals surface area contributed by atoms with E-state index < -0.39 is 0 Å². The average Bonchev–Trinajstić information content (AvgIpc) is 3.59. The van der Waals surface area contributed by atoms with E-state index >= 15 is 0 Å². The van der Waals surface area contributed by atoms with Gasteiger partial charge in [-0.2, -0.15) is 0 Å². The molecule has 0 saturated carbocycles.